The van der Waals surface area contributed by atoms with Crippen LogP contribution >= 0.6 is 70.6 Å². The van der Waals surface area contributed by atoms with E-state index in [-0.39, 0.29) is 13.2 Å². The van der Waals surface area contributed by atoms with E-state index >= 15 is 0 Å². The summed E-state index contributed by atoms with van der Waals surface area (Å²) in [6, 6.07) is 8.56. The van der Waals surface area contributed by atoms with E-state index in [1.807, 2.05) is 60.9 Å². The average molecular weight is 823 g/mol. The highest BCUT2D eigenvalue weighted by Crippen LogP contribution is 2.40. The van der Waals surface area contributed by atoms with Crippen molar-refractivity contribution in [3.8, 4) is 22.6 Å². The first-order valence-corrected chi connectivity index (χ1v) is 23.7. The summed E-state index contributed by atoms with van der Waals surface area (Å²) in [5.74, 6) is 7.32. The van der Waals surface area contributed by atoms with Crippen LogP contribution < -0.4 is 9.47 Å². The van der Waals surface area contributed by atoms with Gasteiger partial charge in [0, 0.05) is 34.2 Å². The Morgan fingerprint density at radius 3 is 1.25 bits per heavy atom. The van der Waals surface area contributed by atoms with E-state index < -0.39 is 21.8 Å². The molecule has 2 atom stereocenters. The Kier molecular flexibility index (Phi) is 16.6. The second-order valence-electron chi connectivity index (χ2n) is 13.7. The monoisotopic (exact) mass is 822 g/mol. The van der Waals surface area contributed by atoms with Gasteiger partial charge in [0.05, 0.1) is 9.16 Å². The number of hydrogen-bond acceptors (Lipinski definition) is 12. The number of esters is 2. The number of hydrogen-bond donors (Lipinski definition) is 0. The molecule has 2 aromatic carbocycles. The molecule has 2 heterocycles. The Hall–Kier alpha value is -1.44. The van der Waals surface area contributed by atoms with Gasteiger partial charge in [-0.15, -0.1) is 70.6 Å². The van der Waals surface area contributed by atoms with E-state index in [2.05, 4.69) is 65.1 Å². The molecule has 0 saturated carbocycles. The van der Waals surface area contributed by atoms with Crippen molar-refractivity contribution in [1.29, 1.82) is 0 Å². The molecule has 0 aromatic heterocycles. The van der Waals surface area contributed by atoms with E-state index in [9.17, 15) is 9.59 Å². The van der Waals surface area contributed by atoms with Crippen LogP contribution in [0.15, 0.2) is 48.6 Å². The lowest BCUT2D eigenvalue weighted by atomic mass is 9.96. The van der Waals surface area contributed by atoms with Gasteiger partial charge in [-0.25, -0.2) is 9.59 Å². The minimum absolute atomic E-state index is 0.226. The van der Waals surface area contributed by atoms with Crippen LogP contribution in [0.5, 0.6) is 11.5 Å². The molecule has 0 bridgehead atoms. The van der Waals surface area contributed by atoms with Crippen molar-refractivity contribution in [3.63, 3.8) is 0 Å². The number of carbonyl (C=O) groups excluding carboxylic acids is 2. The Morgan fingerprint density at radius 2 is 0.962 bits per heavy atom. The number of ether oxygens (including phenoxy) is 4. The third-order valence-corrected chi connectivity index (χ3v) is 17.3. The van der Waals surface area contributed by atoms with Gasteiger partial charge in [-0.3, -0.25) is 0 Å². The molecule has 286 valence electrons. The fourth-order valence-corrected chi connectivity index (χ4v) is 14.1. The van der Waals surface area contributed by atoms with Crippen molar-refractivity contribution in [2.24, 2.45) is 0 Å². The second-order valence-corrected chi connectivity index (χ2v) is 22.6. The number of carbonyl (C=O) groups is 2. The number of aryl methyl sites for hydroxylation is 4. The van der Waals surface area contributed by atoms with Gasteiger partial charge in [-0.2, -0.15) is 0 Å². The van der Waals surface area contributed by atoms with E-state index in [0.29, 0.717) is 20.3 Å². The van der Waals surface area contributed by atoms with Crippen LogP contribution in [0.25, 0.3) is 11.1 Å². The van der Waals surface area contributed by atoms with Crippen LogP contribution in [0.2, 0.25) is 0 Å². The number of rotatable bonds is 19. The molecule has 6 nitrogen and oxygen atoms in total. The summed E-state index contributed by atoms with van der Waals surface area (Å²) in [4.78, 5) is 23.5. The maximum absolute atomic E-state index is 12.6. The average Bonchev–Trinajstić information content (AvgIpc) is 3.79. The van der Waals surface area contributed by atoms with Crippen molar-refractivity contribution in [3.05, 3.63) is 70.8 Å². The first kappa shape index (κ1) is 43.3. The Balaban J connectivity index is 1.45. The standard InChI is InChI=1S/C40H54O6S6/c1-25(2)37(41)45-39(9,51-13-11-33-47-15-16-48-33)23-43-35-27(5)19-31(20-28(35)6)32-21-29(7)36(30(8)22-32)44-24-40(10,46-38(42)26(3)4)52-14-12-34-49-17-18-50-34/h19-22,33-34H,1,3,11-18,23-24H2,2,4-10H3. The molecular weight excluding hydrogens is 769 g/mol. The van der Waals surface area contributed by atoms with Crippen molar-refractivity contribution < 1.29 is 28.5 Å². The molecule has 2 unspecified atom stereocenters. The zero-order chi connectivity index (χ0) is 38.1. The molecule has 12 heteroatoms. The molecule has 52 heavy (non-hydrogen) atoms. The molecule has 4 rings (SSSR count). The lowest BCUT2D eigenvalue weighted by molar-refractivity contribution is -0.148. The van der Waals surface area contributed by atoms with Crippen LogP contribution in [0.3, 0.4) is 0 Å². The van der Waals surface area contributed by atoms with E-state index in [1.165, 1.54) is 23.0 Å². The van der Waals surface area contributed by atoms with Gasteiger partial charge in [0.25, 0.3) is 0 Å². The molecule has 0 aliphatic carbocycles. The van der Waals surface area contributed by atoms with Crippen molar-refractivity contribution in [2.75, 3.05) is 47.7 Å². The van der Waals surface area contributed by atoms with Gasteiger partial charge in [0.2, 0.25) is 0 Å². The minimum atomic E-state index is -0.850. The fraction of sp³-hybridized carbons (Fsp3) is 0.550. The van der Waals surface area contributed by atoms with Gasteiger partial charge >= 0.3 is 11.9 Å². The zero-order valence-corrected chi connectivity index (χ0v) is 36.7. The highest BCUT2D eigenvalue weighted by atomic mass is 32.2. The quantitative estimate of drug-likeness (QED) is 0.0770. The lowest BCUT2D eigenvalue weighted by Gasteiger charge is -2.30. The van der Waals surface area contributed by atoms with Gasteiger partial charge in [0.1, 0.15) is 24.7 Å². The Morgan fingerprint density at radius 1 is 0.654 bits per heavy atom. The van der Waals surface area contributed by atoms with E-state index in [1.54, 1.807) is 37.4 Å². The van der Waals surface area contributed by atoms with Gasteiger partial charge in [0.15, 0.2) is 9.87 Å². The summed E-state index contributed by atoms with van der Waals surface area (Å²) in [7, 11) is 0. The highest BCUT2D eigenvalue weighted by Gasteiger charge is 2.34. The molecule has 2 aromatic rings. The number of thioether (sulfide) groups is 6. The first-order valence-electron chi connectivity index (χ1n) is 17.6. The van der Waals surface area contributed by atoms with Gasteiger partial charge in [-0.1, -0.05) is 13.2 Å². The molecule has 0 amide bonds. The molecule has 2 aliphatic rings. The van der Waals surface area contributed by atoms with Crippen molar-refractivity contribution in [1.82, 2.24) is 0 Å². The van der Waals surface area contributed by atoms with E-state index in [0.717, 1.165) is 69.2 Å². The summed E-state index contributed by atoms with van der Waals surface area (Å²) >= 11 is 11.3. The van der Waals surface area contributed by atoms with Crippen molar-refractivity contribution in [2.45, 2.75) is 87.3 Å². The summed E-state index contributed by atoms with van der Waals surface area (Å²) in [6.45, 7) is 23.4. The zero-order valence-electron chi connectivity index (χ0n) is 31.8. The summed E-state index contributed by atoms with van der Waals surface area (Å²) < 4.78 is 26.0. The molecule has 0 N–H and O–H groups in total. The third kappa shape index (κ3) is 12.8. The second kappa shape index (κ2) is 19.9. The first-order chi connectivity index (χ1) is 24.6. The fourth-order valence-electron chi connectivity index (χ4n) is 5.75. The predicted octanol–water partition coefficient (Wildman–Crippen LogP) is 10.9. The maximum atomic E-state index is 12.6. The molecule has 2 aliphatic heterocycles. The smallest absolute Gasteiger partial charge is 0.334 e. The largest absolute Gasteiger partial charge is 0.488 e. The number of benzene rings is 2. The maximum Gasteiger partial charge on any atom is 0.334 e. The van der Waals surface area contributed by atoms with Crippen molar-refractivity contribution >= 4 is 82.5 Å². The van der Waals surface area contributed by atoms with Crippen LogP contribution in [-0.2, 0) is 19.1 Å². The normalized spacial score (nSPS) is 17.3. The molecule has 2 saturated heterocycles. The topological polar surface area (TPSA) is 71.1 Å². The molecule has 2 fully saturated rings. The SMILES string of the molecule is C=C(C)C(=O)OC(C)(COc1c(C)cc(-c2cc(C)c(OCC(C)(OC(=O)C(=C)C)SCCC3SCCS3)c(C)c2)cc1C)SCCC1SCCS1. The van der Waals surface area contributed by atoms with E-state index in [4.69, 9.17) is 18.9 Å². The predicted molar refractivity (Wildman–Crippen MR) is 232 cm³/mol. The van der Waals surface area contributed by atoms with Crippen LogP contribution in [0.1, 0.15) is 62.8 Å². The van der Waals surface area contributed by atoms with Crippen LogP contribution in [0.4, 0.5) is 0 Å². The summed E-state index contributed by atoms with van der Waals surface area (Å²) in [6.07, 6.45) is 2.10. The summed E-state index contributed by atoms with van der Waals surface area (Å²) in [5, 5.41) is 0. The highest BCUT2D eigenvalue weighted by molar-refractivity contribution is 8.20. The van der Waals surface area contributed by atoms with Crippen LogP contribution in [0, 0.1) is 27.7 Å². The van der Waals surface area contributed by atoms with Gasteiger partial charge in [-0.05, 0) is 137 Å². The molecule has 0 radical (unpaired) electrons. The summed E-state index contributed by atoms with van der Waals surface area (Å²) in [5.41, 5.74) is 6.93. The Bertz CT molecular complexity index is 1440. The lowest BCUT2D eigenvalue weighted by Crippen LogP contribution is -2.36. The third-order valence-electron chi connectivity index (χ3n) is 8.43. The minimum Gasteiger partial charge on any atom is -0.488 e. The van der Waals surface area contributed by atoms with Gasteiger partial charge < -0.3 is 18.9 Å². The Labute approximate surface area is 337 Å². The van der Waals surface area contributed by atoms with Crippen LogP contribution in [-0.4, -0.2) is 78.7 Å². The molecular formula is C40H54O6S6. The molecule has 0 spiro atoms.